The van der Waals surface area contributed by atoms with E-state index in [1.165, 1.54) is 19.3 Å². The van der Waals surface area contributed by atoms with Crippen molar-refractivity contribution in [1.82, 2.24) is 0 Å². The predicted molar refractivity (Wildman–Crippen MR) is 113 cm³/mol. The molecule has 2 aromatic rings. The summed E-state index contributed by atoms with van der Waals surface area (Å²) in [4.78, 5) is 25.7. The number of carbonyl (C=O) groups excluding carboxylic acids is 2. The van der Waals surface area contributed by atoms with E-state index in [0.717, 1.165) is 6.42 Å². The molecule has 4 heteroatoms. The molecule has 0 aromatic heterocycles. The summed E-state index contributed by atoms with van der Waals surface area (Å²) < 4.78 is 12.1. The molecule has 7 unspecified atom stereocenters. The highest BCUT2D eigenvalue weighted by Crippen LogP contribution is 2.60. The van der Waals surface area contributed by atoms with E-state index in [-0.39, 0.29) is 36.0 Å². The summed E-state index contributed by atoms with van der Waals surface area (Å²) in [6.07, 6.45) is 3.92. The zero-order valence-electron chi connectivity index (χ0n) is 17.3. The Hall–Kier alpha value is -2.62. The van der Waals surface area contributed by atoms with Gasteiger partial charge in [0.2, 0.25) is 0 Å². The molecule has 7 atom stereocenters. The Balaban J connectivity index is 1.41. The van der Waals surface area contributed by atoms with Crippen molar-refractivity contribution < 1.29 is 19.1 Å². The number of hydrogen-bond acceptors (Lipinski definition) is 4. The van der Waals surface area contributed by atoms with Crippen molar-refractivity contribution in [2.75, 3.05) is 0 Å². The third kappa shape index (κ3) is 3.32. The Labute approximate surface area is 177 Å². The Morgan fingerprint density at radius 1 is 0.733 bits per heavy atom. The summed E-state index contributed by atoms with van der Waals surface area (Å²) >= 11 is 0. The van der Waals surface area contributed by atoms with Crippen LogP contribution < -0.4 is 0 Å². The third-order valence-corrected chi connectivity index (χ3v) is 7.61. The summed E-state index contributed by atoms with van der Waals surface area (Å²) in [5.74, 6) is 1.66. The first-order valence-corrected chi connectivity index (χ1v) is 11.2. The van der Waals surface area contributed by atoms with Gasteiger partial charge in [0.1, 0.15) is 12.2 Å². The van der Waals surface area contributed by atoms with Gasteiger partial charge >= 0.3 is 11.9 Å². The molecule has 5 rings (SSSR count). The molecular weight excluding hydrogens is 376 g/mol. The smallest absolute Gasteiger partial charge is 0.338 e. The average Bonchev–Trinajstić information content (AvgIpc) is 3.32. The molecule has 0 amide bonds. The number of benzene rings is 2. The van der Waals surface area contributed by atoms with Gasteiger partial charge in [0.05, 0.1) is 11.1 Å². The van der Waals surface area contributed by atoms with E-state index in [1.807, 2.05) is 36.4 Å². The standard InChI is InChI=1S/C26H28O4/c1-16-9-8-14-19-20-15-21(22(16)19)24(30-26(28)18-12-6-3-7-13-18)23(20)29-25(27)17-10-4-2-5-11-17/h2-7,10-13,16,19-24H,8-9,14-15H2,1H3. The van der Waals surface area contributed by atoms with E-state index >= 15 is 0 Å². The van der Waals surface area contributed by atoms with Crippen LogP contribution in [0.5, 0.6) is 0 Å². The molecule has 0 N–H and O–H groups in total. The summed E-state index contributed by atoms with van der Waals surface area (Å²) in [6, 6.07) is 18.2. The second-order valence-corrected chi connectivity index (χ2v) is 9.18. The number of esters is 2. The Kier molecular flexibility index (Phi) is 5.10. The van der Waals surface area contributed by atoms with Gasteiger partial charge in [0.15, 0.2) is 0 Å². The minimum atomic E-state index is -0.364. The first-order valence-electron chi connectivity index (χ1n) is 11.2. The van der Waals surface area contributed by atoms with E-state index in [0.29, 0.717) is 28.9 Å². The second kappa shape index (κ2) is 7.90. The molecule has 0 heterocycles. The third-order valence-electron chi connectivity index (χ3n) is 7.61. The molecule has 2 aromatic carbocycles. The van der Waals surface area contributed by atoms with Crippen molar-refractivity contribution in [2.24, 2.45) is 29.6 Å². The summed E-state index contributed by atoms with van der Waals surface area (Å²) in [7, 11) is 0. The van der Waals surface area contributed by atoms with Crippen molar-refractivity contribution in [3.05, 3.63) is 71.8 Å². The van der Waals surface area contributed by atoms with Crippen LogP contribution >= 0.6 is 0 Å². The SMILES string of the molecule is CC1CCCC2C3CC(C(OC(=O)c4ccccc4)C3OC(=O)c3ccccc3)C12. The number of fused-ring (bicyclic) bond motifs is 5. The molecule has 30 heavy (non-hydrogen) atoms. The van der Waals surface area contributed by atoms with Crippen LogP contribution in [0.3, 0.4) is 0 Å². The molecule has 0 radical (unpaired) electrons. The van der Waals surface area contributed by atoms with Gasteiger partial charge in [-0.1, -0.05) is 56.2 Å². The lowest BCUT2D eigenvalue weighted by Crippen LogP contribution is -2.49. The highest BCUT2D eigenvalue weighted by molar-refractivity contribution is 5.90. The van der Waals surface area contributed by atoms with Gasteiger partial charge in [-0.3, -0.25) is 0 Å². The quantitative estimate of drug-likeness (QED) is 0.662. The molecule has 0 spiro atoms. The lowest BCUT2D eigenvalue weighted by atomic mass is 9.64. The van der Waals surface area contributed by atoms with E-state index < -0.39 is 0 Å². The van der Waals surface area contributed by atoms with E-state index in [2.05, 4.69) is 6.92 Å². The lowest BCUT2D eigenvalue weighted by molar-refractivity contribution is -0.0954. The molecule has 3 aliphatic carbocycles. The Morgan fingerprint density at radius 2 is 1.27 bits per heavy atom. The van der Waals surface area contributed by atoms with Crippen LogP contribution in [-0.2, 0) is 9.47 Å². The van der Waals surface area contributed by atoms with Gasteiger partial charge in [-0.15, -0.1) is 0 Å². The lowest BCUT2D eigenvalue weighted by Gasteiger charge is -2.45. The minimum absolute atomic E-state index is 0.275. The zero-order chi connectivity index (χ0) is 20.7. The fourth-order valence-electron chi connectivity index (χ4n) is 6.43. The van der Waals surface area contributed by atoms with Crippen molar-refractivity contribution in [1.29, 1.82) is 0 Å². The fraction of sp³-hybridized carbons (Fsp3) is 0.462. The summed E-state index contributed by atoms with van der Waals surface area (Å²) in [6.45, 7) is 2.33. The number of carbonyl (C=O) groups is 2. The number of ether oxygens (including phenoxy) is 2. The molecule has 156 valence electrons. The van der Waals surface area contributed by atoms with Crippen molar-refractivity contribution in [2.45, 2.75) is 44.8 Å². The molecule has 2 bridgehead atoms. The molecule has 4 nitrogen and oxygen atoms in total. The van der Waals surface area contributed by atoms with Crippen LogP contribution in [0.25, 0.3) is 0 Å². The first-order chi connectivity index (χ1) is 14.6. The van der Waals surface area contributed by atoms with Crippen LogP contribution in [0.1, 0.15) is 53.3 Å². The van der Waals surface area contributed by atoms with Gasteiger partial charge in [0, 0.05) is 11.8 Å². The first kappa shape index (κ1) is 19.3. The van der Waals surface area contributed by atoms with Gasteiger partial charge < -0.3 is 9.47 Å². The van der Waals surface area contributed by atoms with Crippen LogP contribution in [0.15, 0.2) is 60.7 Å². The highest BCUT2D eigenvalue weighted by Gasteiger charge is 2.62. The monoisotopic (exact) mass is 404 g/mol. The average molecular weight is 405 g/mol. The Morgan fingerprint density at radius 3 is 1.83 bits per heavy atom. The number of rotatable bonds is 4. The highest BCUT2D eigenvalue weighted by atomic mass is 16.6. The second-order valence-electron chi connectivity index (χ2n) is 9.18. The maximum absolute atomic E-state index is 12.9. The zero-order valence-corrected chi connectivity index (χ0v) is 17.3. The van der Waals surface area contributed by atoms with Crippen LogP contribution in [0, 0.1) is 29.6 Å². The minimum Gasteiger partial charge on any atom is -0.455 e. The van der Waals surface area contributed by atoms with Crippen LogP contribution in [0.4, 0.5) is 0 Å². The molecule has 3 fully saturated rings. The summed E-state index contributed by atoms with van der Waals surface area (Å²) in [5, 5.41) is 0. The summed E-state index contributed by atoms with van der Waals surface area (Å²) in [5.41, 5.74) is 1.09. The molecule has 3 aliphatic rings. The van der Waals surface area contributed by atoms with Gasteiger partial charge in [-0.25, -0.2) is 9.59 Å². The van der Waals surface area contributed by atoms with Crippen molar-refractivity contribution in [3.8, 4) is 0 Å². The van der Waals surface area contributed by atoms with Gasteiger partial charge in [0.25, 0.3) is 0 Å². The molecular formula is C26H28O4. The van der Waals surface area contributed by atoms with Crippen LogP contribution in [-0.4, -0.2) is 24.1 Å². The molecule has 0 aliphatic heterocycles. The number of hydrogen-bond donors (Lipinski definition) is 0. The van der Waals surface area contributed by atoms with Gasteiger partial charge in [-0.2, -0.15) is 0 Å². The van der Waals surface area contributed by atoms with Crippen molar-refractivity contribution in [3.63, 3.8) is 0 Å². The Bertz CT molecular complexity index is 909. The van der Waals surface area contributed by atoms with Gasteiger partial charge in [-0.05, 0) is 54.9 Å². The predicted octanol–water partition coefficient (Wildman–Crippen LogP) is 5.14. The maximum Gasteiger partial charge on any atom is 0.338 e. The topological polar surface area (TPSA) is 52.6 Å². The van der Waals surface area contributed by atoms with Crippen LogP contribution in [0.2, 0.25) is 0 Å². The molecule has 3 saturated carbocycles. The normalized spacial score (nSPS) is 34.2. The van der Waals surface area contributed by atoms with E-state index in [1.54, 1.807) is 24.3 Å². The molecule has 0 saturated heterocycles. The largest absolute Gasteiger partial charge is 0.455 e. The maximum atomic E-state index is 12.9. The van der Waals surface area contributed by atoms with Crippen molar-refractivity contribution >= 4 is 11.9 Å². The van der Waals surface area contributed by atoms with E-state index in [9.17, 15) is 9.59 Å². The van der Waals surface area contributed by atoms with E-state index in [4.69, 9.17) is 9.47 Å². The fourth-order valence-corrected chi connectivity index (χ4v) is 6.43.